The first-order chi connectivity index (χ1) is 10.6. The number of rotatable bonds is 2. The van der Waals surface area contributed by atoms with Crippen molar-refractivity contribution in [3.63, 3.8) is 0 Å². The van der Waals surface area contributed by atoms with Gasteiger partial charge in [0.25, 0.3) is 5.91 Å². The molecule has 116 valence electrons. The van der Waals surface area contributed by atoms with Gasteiger partial charge in [0.05, 0.1) is 3.79 Å². The van der Waals surface area contributed by atoms with Gasteiger partial charge in [0.1, 0.15) is 5.69 Å². The number of carbonyl (C=O) groups is 1. The fourth-order valence-corrected chi connectivity index (χ4v) is 5.36. The SMILES string of the molecule is CC1C(NC(=O)c2cc3sc(Br)cc3cn2)C2CCN1CC2. The maximum Gasteiger partial charge on any atom is 0.270 e. The number of nitrogens with zero attached hydrogens (tertiary/aromatic N) is 2. The van der Waals surface area contributed by atoms with Crippen LogP contribution in [0.5, 0.6) is 0 Å². The lowest BCUT2D eigenvalue weighted by atomic mass is 9.79. The molecule has 1 N–H and O–H groups in total. The van der Waals surface area contributed by atoms with Crippen molar-refractivity contribution in [1.29, 1.82) is 0 Å². The second-order valence-electron chi connectivity index (χ2n) is 6.27. The Labute approximate surface area is 142 Å². The van der Waals surface area contributed by atoms with Gasteiger partial charge in [-0.1, -0.05) is 0 Å². The van der Waals surface area contributed by atoms with Crippen molar-refractivity contribution < 1.29 is 4.79 Å². The number of fused-ring (bicyclic) bond motifs is 4. The Morgan fingerprint density at radius 1 is 1.41 bits per heavy atom. The molecule has 2 aromatic rings. The minimum absolute atomic E-state index is 0.0444. The first-order valence-electron chi connectivity index (χ1n) is 7.72. The van der Waals surface area contributed by atoms with E-state index in [1.165, 1.54) is 25.9 Å². The van der Waals surface area contributed by atoms with Gasteiger partial charge in [0.15, 0.2) is 0 Å². The highest BCUT2D eigenvalue weighted by atomic mass is 79.9. The maximum atomic E-state index is 12.6. The Hall–Kier alpha value is -0.980. The number of amides is 1. The molecule has 3 saturated heterocycles. The Kier molecular flexibility index (Phi) is 3.71. The average Bonchev–Trinajstić information content (AvgIpc) is 2.90. The van der Waals surface area contributed by atoms with Crippen LogP contribution in [0.15, 0.2) is 22.1 Å². The first kappa shape index (κ1) is 14.6. The molecule has 3 aliphatic rings. The largest absolute Gasteiger partial charge is 0.346 e. The molecule has 6 heteroatoms. The quantitative estimate of drug-likeness (QED) is 0.870. The molecule has 2 aromatic heterocycles. The van der Waals surface area contributed by atoms with Crippen LogP contribution in [-0.4, -0.2) is 41.0 Å². The highest BCUT2D eigenvalue weighted by Crippen LogP contribution is 2.33. The third-order valence-electron chi connectivity index (χ3n) is 5.08. The van der Waals surface area contributed by atoms with Crippen molar-refractivity contribution >= 4 is 43.3 Å². The third kappa shape index (κ3) is 2.47. The minimum Gasteiger partial charge on any atom is -0.346 e. The van der Waals surface area contributed by atoms with Gasteiger partial charge in [0.2, 0.25) is 0 Å². The highest BCUT2D eigenvalue weighted by molar-refractivity contribution is 9.11. The Bertz CT molecular complexity index is 721. The summed E-state index contributed by atoms with van der Waals surface area (Å²) in [6, 6.07) is 4.61. The van der Waals surface area contributed by atoms with Gasteiger partial charge in [-0.15, -0.1) is 11.3 Å². The van der Waals surface area contributed by atoms with Crippen LogP contribution >= 0.6 is 27.3 Å². The number of nitrogens with one attached hydrogen (secondary N) is 1. The number of hydrogen-bond acceptors (Lipinski definition) is 4. The van der Waals surface area contributed by atoms with Crippen molar-refractivity contribution in [2.45, 2.75) is 31.8 Å². The smallest absolute Gasteiger partial charge is 0.270 e. The van der Waals surface area contributed by atoms with E-state index in [2.05, 4.69) is 38.1 Å². The van der Waals surface area contributed by atoms with Crippen molar-refractivity contribution in [3.05, 3.63) is 27.8 Å². The highest BCUT2D eigenvalue weighted by Gasteiger charge is 2.40. The van der Waals surface area contributed by atoms with Crippen LogP contribution in [0, 0.1) is 5.92 Å². The topological polar surface area (TPSA) is 45.2 Å². The van der Waals surface area contributed by atoms with Gasteiger partial charge in [0, 0.05) is 28.4 Å². The molecular weight excluding hydrogens is 362 g/mol. The lowest BCUT2D eigenvalue weighted by molar-refractivity contribution is 0.0216. The Balaban J connectivity index is 1.55. The molecule has 0 radical (unpaired) electrons. The van der Waals surface area contributed by atoms with E-state index in [9.17, 15) is 4.79 Å². The molecule has 3 fully saturated rings. The van der Waals surface area contributed by atoms with Crippen molar-refractivity contribution in [2.24, 2.45) is 5.92 Å². The molecular formula is C16H18BrN3OS. The molecule has 2 bridgehead atoms. The summed E-state index contributed by atoms with van der Waals surface area (Å²) in [6.45, 7) is 4.57. The van der Waals surface area contributed by atoms with Gasteiger partial charge in [-0.2, -0.15) is 0 Å². The summed E-state index contributed by atoms with van der Waals surface area (Å²) in [7, 11) is 0. The lowest BCUT2D eigenvalue weighted by Gasteiger charge is -2.49. The number of thiophene rings is 1. The fraction of sp³-hybridized carbons (Fsp3) is 0.500. The van der Waals surface area contributed by atoms with Crippen LogP contribution in [-0.2, 0) is 0 Å². The number of pyridine rings is 1. The molecule has 3 aliphatic heterocycles. The van der Waals surface area contributed by atoms with Gasteiger partial charge < -0.3 is 5.32 Å². The normalized spacial score (nSPS) is 30.6. The standard InChI is InChI=1S/C16H18BrN3OS/c1-9-15(10-2-4-20(9)5-3-10)19-16(21)12-7-13-11(8-18-12)6-14(17)22-13/h6-10,15H,2-5H2,1H3,(H,19,21). The van der Waals surface area contributed by atoms with E-state index in [4.69, 9.17) is 0 Å². The predicted molar refractivity (Wildman–Crippen MR) is 92.3 cm³/mol. The zero-order valence-corrected chi connectivity index (χ0v) is 14.8. The first-order valence-corrected chi connectivity index (χ1v) is 9.33. The van der Waals surface area contributed by atoms with Crippen LogP contribution in [0.3, 0.4) is 0 Å². The number of piperidine rings is 3. The summed E-state index contributed by atoms with van der Waals surface area (Å²) < 4.78 is 2.15. The molecule has 0 aromatic carbocycles. The predicted octanol–water partition coefficient (Wildman–Crippen LogP) is 3.27. The Morgan fingerprint density at radius 3 is 2.91 bits per heavy atom. The van der Waals surface area contributed by atoms with E-state index in [-0.39, 0.29) is 11.9 Å². The molecule has 0 saturated carbocycles. The van der Waals surface area contributed by atoms with Gasteiger partial charge in [-0.25, -0.2) is 0 Å². The average molecular weight is 380 g/mol. The molecule has 0 spiro atoms. The molecule has 2 atom stereocenters. The van der Waals surface area contributed by atoms with Crippen LogP contribution in [0.2, 0.25) is 0 Å². The molecule has 5 rings (SSSR count). The van der Waals surface area contributed by atoms with Crippen molar-refractivity contribution in [2.75, 3.05) is 13.1 Å². The van der Waals surface area contributed by atoms with Crippen molar-refractivity contribution in [1.82, 2.24) is 15.2 Å². The second kappa shape index (κ2) is 5.58. The van der Waals surface area contributed by atoms with Gasteiger partial charge in [-0.05, 0) is 66.8 Å². The summed E-state index contributed by atoms with van der Waals surface area (Å²) in [5, 5.41) is 4.31. The summed E-state index contributed by atoms with van der Waals surface area (Å²) in [6.07, 6.45) is 4.17. The van der Waals surface area contributed by atoms with E-state index in [0.29, 0.717) is 17.7 Å². The molecule has 4 nitrogen and oxygen atoms in total. The summed E-state index contributed by atoms with van der Waals surface area (Å²) in [5.74, 6) is 0.570. The maximum absolute atomic E-state index is 12.6. The van der Waals surface area contributed by atoms with Crippen LogP contribution in [0.4, 0.5) is 0 Å². The van der Waals surface area contributed by atoms with E-state index < -0.39 is 0 Å². The molecule has 1 amide bonds. The lowest BCUT2D eigenvalue weighted by Crippen LogP contribution is -2.62. The van der Waals surface area contributed by atoms with E-state index in [0.717, 1.165) is 13.9 Å². The van der Waals surface area contributed by atoms with Gasteiger partial charge >= 0.3 is 0 Å². The van der Waals surface area contributed by atoms with E-state index >= 15 is 0 Å². The fourth-order valence-electron chi connectivity index (χ4n) is 3.80. The zero-order valence-electron chi connectivity index (χ0n) is 12.4. The summed E-state index contributed by atoms with van der Waals surface area (Å²) in [5.41, 5.74) is 0.519. The number of halogens is 1. The number of carbonyl (C=O) groups excluding carboxylic acids is 1. The number of hydrogen-bond donors (Lipinski definition) is 1. The van der Waals surface area contributed by atoms with Crippen LogP contribution in [0.25, 0.3) is 10.1 Å². The number of aromatic nitrogens is 1. The second-order valence-corrected chi connectivity index (χ2v) is 8.73. The third-order valence-corrected chi connectivity index (χ3v) is 6.68. The summed E-state index contributed by atoms with van der Waals surface area (Å²) >= 11 is 5.11. The minimum atomic E-state index is -0.0444. The molecule has 2 unspecified atom stereocenters. The molecule has 22 heavy (non-hydrogen) atoms. The van der Waals surface area contributed by atoms with E-state index in [1.807, 2.05) is 12.1 Å². The van der Waals surface area contributed by atoms with E-state index in [1.54, 1.807) is 17.5 Å². The van der Waals surface area contributed by atoms with Gasteiger partial charge in [-0.3, -0.25) is 14.7 Å². The van der Waals surface area contributed by atoms with Crippen molar-refractivity contribution in [3.8, 4) is 0 Å². The molecule has 5 heterocycles. The summed E-state index contributed by atoms with van der Waals surface area (Å²) in [4.78, 5) is 19.4. The molecule has 0 aliphatic carbocycles. The Morgan fingerprint density at radius 2 is 2.18 bits per heavy atom. The van der Waals surface area contributed by atoms with Crippen LogP contribution in [0.1, 0.15) is 30.3 Å². The zero-order chi connectivity index (χ0) is 15.3. The monoisotopic (exact) mass is 379 g/mol. The van der Waals surface area contributed by atoms with Crippen LogP contribution < -0.4 is 5.32 Å².